The van der Waals surface area contributed by atoms with Crippen molar-refractivity contribution in [2.24, 2.45) is 0 Å². The molecule has 0 heterocycles. The number of benzene rings is 2. The second-order valence-corrected chi connectivity index (χ2v) is 5.56. The van der Waals surface area contributed by atoms with Gasteiger partial charge in [0.15, 0.2) is 5.78 Å². The smallest absolute Gasteiger partial charge is 0.152 e. The maximum absolute atomic E-state index is 11.0. The lowest BCUT2D eigenvalue weighted by Gasteiger charge is -2.06. The molecule has 2 N–H and O–H groups in total. The molecule has 102 valence electrons. The Morgan fingerprint density at radius 3 is 2.65 bits per heavy atom. The van der Waals surface area contributed by atoms with Crippen LogP contribution in [0.15, 0.2) is 59.5 Å². The van der Waals surface area contributed by atoms with Crippen LogP contribution in [-0.2, 0) is 10.5 Å². The number of allylic oxidation sites excluding steroid dienone is 1. The van der Waals surface area contributed by atoms with Crippen LogP contribution in [0.3, 0.4) is 0 Å². The monoisotopic (exact) mass is 283 g/mol. The summed E-state index contributed by atoms with van der Waals surface area (Å²) in [5.74, 6) is 0.937. The first-order valence-corrected chi connectivity index (χ1v) is 7.38. The Labute approximate surface area is 123 Å². The van der Waals surface area contributed by atoms with E-state index in [0.717, 1.165) is 16.2 Å². The molecule has 0 amide bonds. The van der Waals surface area contributed by atoms with Gasteiger partial charge in [-0.25, -0.2) is 0 Å². The Morgan fingerprint density at radius 1 is 1.20 bits per heavy atom. The number of carbonyl (C=O) groups excluding carboxylic acids is 1. The normalized spacial score (nSPS) is 10.8. The summed E-state index contributed by atoms with van der Waals surface area (Å²) in [6.45, 7) is 1.53. The van der Waals surface area contributed by atoms with Crippen LogP contribution >= 0.6 is 11.8 Å². The first-order valence-electron chi connectivity index (χ1n) is 6.40. The number of carbonyl (C=O) groups is 1. The number of thioether (sulfide) groups is 1. The molecule has 0 saturated carbocycles. The molecule has 0 aliphatic carbocycles. The Morgan fingerprint density at radius 2 is 1.95 bits per heavy atom. The van der Waals surface area contributed by atoms with Gasteiger partial charge in [-0.3, -0.25) is 4.79 Å². The maximum Gasteiger partial charge on any atom is 0.152 e. The number of hydrogen-bond acceptors (Lipinski definition) is 3. The number of anilines is 1. The quantitative estimate of drug-likeness (QED) is 0.509. The van der Waals surface area contributed by atoms with E-state index in [4.69, 9.17) is 5.73 Å². The summed E-state index contributed by atoms with van der Waals surface area (Å²) in [5.41, 5.74) is 8.77. The van der Waals surface area contributed by atoms with Crippen molar-refractivity contribution >= 4 is 29.3 Å². The molecule has 2 rings (SSSR count). The highest BCUT2D eigenvalue weighted by molar-refractivity contribution is 7.98. The molecule has 0 unspecified atom stereocenters. The number of nitrogen functional groups attached to an aromatic ring is 1. The molecule has 2 aromatic carbocycles. The fraction of sp³-hybridized carbons (Fsp3) is 0.118. The molecule has 0 aliphatic rings. The summed E-state index contributed by atoms with van der Waals surface area (Å²) < 4.78 is 0. The van der Waals surface area contributed by atoms with Gasteiger partial charge in [0.2, 0.25) is 0 Å². The molecular formula is C17H17NOS. The van der Waals surface area contributed by atoms with Crippen molar-refractivity contribution in [3.05, 3.63) is 65.7 Å². The van der Waals surface area contributed by atoms with Crippen LogP contribution in [0.25, 0.3) is 6.08 Å². The lowest BCUT2D eigenvalue weighted by molar-refractivity contribution is -0.112. The van der Waals surface area contributed by atoms with Crippen LogP contribution < -0.4 is 5.73 Å². The summed E-state index contributed by atoms with van der Waals surface area (Å²) in [6, 6.07) is 16.2. The van der Waals surface area contributed by atoms with E-state index in [9.17, 15) is 4.79 Å². The highest BCUT2D eigenvalue weighted by atomic mass is 32.2. The van der Waals surface area contributed by atoms with Crippen LogP contribution in [0, 0.1) is 0 Å². The third kappa shape index (κ3) is 4.28. The lowest BCUT2D eigenvalue weighted by atomic mass is 10.1. The third-order valence-corrected chi connectivity index (χ3v) is 3.87. The second kappa shape index (κ2) is 6.96. The first kappa shape index (κ1) is 14.4. The van der Waals surface area contributed by atoms with Crippen molar-refractivity contribution in [3.8, 4) is 0 Å². The molecular weight excluding hydrogens is 266 g/mol. The Balaban J connectivity index is 2.09. The topological polar surface area (TPSA) is 43.1 Å². The van der Waals surface area contributed by atoms with Gasteiger partial charge in [0, 0.05) is 16.3 Å². The van der Waals surface area contributed by atoms with Crippen molar-refractivity contribution in [2.45, 2.75) is 17.6 Å². The van der Waals surface area contributed by atoms with Crippen molar-refractivity contribution < 1.29 is 4.79 Å². The van der Waals surface area contributed by atoms with E-state index in [0.29, 0.717) is 5.69 Å². The largest absolute Gasteiger partial charge is 0.398 e. The van der Waals surface area contributed by atoms with E-state index in [2.05, 4.69) is 12.1 Å². The van der Waals surface area contributed by atoms with E-state index in [1.165, 1.54) is 18.6 Å². The van der Waals surface area contributed by atoms with Gasteiger partial charge in [0.25, 0.3) is 0 Å². The first-order chi connectivity index (χ1) is 9.65. The van der Waals surface area contributed by atoms with Gasteiger partial charge < -0.3 is 5.73 Å². The number of hydrogen-bond donors (Lipinski definition) is 1. The third-order valence-electron chi connectivity index (χ3n) is 2.80. The summed E-state index contributed by atoms with van der Waals surface area (Å²) in [5, 5.41) is 0. The summed E-state index contributed by atoms with van der Waals surface area (Å²) >= 11 is 1.76. The molecule has 0 aromatic heterocycles. The summed E-state index contributed by atoms with van der Waals surface area (Å²) in [4.78, 5) is 12.1. The van der Waals surface area contributed by atoms with Crippen molar-refractivity contribution in [1.82, 2.24) is 0 Å². The molecule has 3 heteroatoms. The molecule has 0 aliphatic heterocycles. The second-order valence-electron chi connectivity index (χ2n) is 4.51. The Hall–Kier alpha value is -2.00. The number of rotatable bonds is 5. The van der Waals surface area contributed by atoms with E-state index >= 15 is 0 Å². The lowest BCUT2D eigenvalue weighted by Crippen LogP contribution is -1.90. The molecule has 0 saturated heterocycles. The van der Waals surface area contributed by atoms with Gasteiger partial charge in [0.1, 0.15) is 0 Å². The minimum Gasteiger partial charge on any atom is -0.398 e. The molecule has 2 nitrogen and oxygen atoms in total. The van der Waals surface area contributed by atoms with E-state index < -0.39 is 0 Å². The highest BCUT2D eigenvalue weighted by Gasteiger charge is 2.00. The summed E-state index contributed by atoms with van der Waals surface area (Å²) in [6.07, 6.45) is 3.31. The fourth-order valence-electron chi connectivity index (χ4n) is 1.73. The van der Waals surface area contributed by atoms with Gasteiger partial charge in [-0.2, -0.15) is 0 Å². The van der Waals surface area contributed by atoms with Gasteiger partial charge in [-0.15, -0.1) is 11.8 Å². The molecule has 2 aromatic rings. The van der Waals surface area contributed by atoms with Crippen LogP contribution in [0.4, 0.5) is 5.69 Å². The average molecular weight is 283 g/mol. The van der Waals surface area contributed by atoms with E-state index in [1.54, 1.807) is 17.8 Å². The van der Waals surface area contributed by atoms with Crippen LogP contribution in [0.5, 0.6) is 0 Å². The average Bonchev–Trinajstić information content (AvgIpc) is 2.46. The highest BCUT2D eigenvalue weighted by Crippen LogP contribution is 2.26. The Bertz CT molecular complexity index is 620. The molecule has 20 heavy (non-hydrogen) atoms. The molecule has 0 atom stereocenters. The van der Waals surface area contributed by atoms with Gasteiger partial charge in [0.05, 0.1) is 0 Å². The van der Waals surface area contributed by atoms with Gasteiger partial charge in [-0.05, 0) is 48.4 Å². The van der Waals surface area contributed by atoms with Crippen LogP contribution in [-0.4, -0.2) is 5.78 Å². The van der Waals surface area contributed by atoms with Crippen molar-refractivity contribution in [3.63, 3.8) is 0 Å². The fourth-order valence-corrected chi connectivity index (χ4v) is 2.64. The SMILES string of the molecule is CC(=O)/C=C/c1cc(SCc2ccccc2)ccc1N. The molecule has 0 radical (unpaired) electrons. The van der Waals surface area contributed by atoms with Crippen LogP contribution in [0.1, 0.15) is 18.1 Å². The van der Waals surface area contributed by atoms with E-state index in [1.807, 2.05) is 36.4 Å². The standard InChI is InChI=1S/C17H17NOS/c1-13(19)7-8-15-11-16(9-10-17(15)18)20-12-14-5-3-2-4-6-14/h2-11H,12,18H2,1H3/b8-7+. The zero-order valence-corrected chi connectivity index (χ0v) is 12.2. The Kier molecular flexibility index (Phi) is 5.02. The predicted octanol–water partition coefficient (Wildman–Crippen LogP) is 4.16. The zero-order chi connectivity index (χ0) is 14.4. The van der Waals surface area contributed by atoms with Gasteiger partial charge >= 0.3 is 0 Å². The van der Waals surface area contributed by atoms with Gasteiger partial charge in [-0.1, -0.05) is 30.3 Å². The maximum atomic E-state index is 11.0. The zero-order valence-electron chi connectivity index (χ0n) is 11.4. The number of nitrogens with two attached hydrogens (primary N) is 1. The summed E-state index contributed by atoms with van der Waals surface area (Å²) in [7, 11) is 0. The molecule has 0 bridgehead atoms. The van der Waals surface area contributed by atoms with Crippen molar-refractivity contribution in [2.75, 3.05) is 5.73 Å². The minimum atomic E-state index is 0.0201. The molecule has 0 spiro atoms. The van der Waals surface area contributed by atoms with E-state index in [-0.39, 0.29) is 5.78 Å². The van der Waals surface area contributed by atoms with Crippen LogP contribution in [0.2, 0.25) is 0 Å². The predicted molar refractivity (Wildman–Crippen MR) is 86.6 cm³/mol. The minimum absolute atomic E-state index is 0.0201. The molecule has 0 fully saturated rings. The number of ketones is 1. The van der Waals surface area contributed by atoms with Crippen molar-refractivity contribution in [1.29, 1.82) is 0 Å².